The van der Waals surface area contributed by atoms with Gasteiger partial charge >= 0.3 is 5.97 Å². The summed E-state index contributed by atoms with van der Waals surface area (Å²) in [6.07, 6.45) is 0.165. The maximum atomic E-state index is 11.9. The molecule has 0 aliphatic rings. The van der Waals surface area contributed by atoms with Crippen molar-refractivity contribution in [1.82, 2.24) is 0 Å². The number of nitrogens with one attached hydrogen (secondary N) is 1. The highest BCUT2D eigenvalue weighted by Crippen LogP contribution is 2.20. The molecule has 0 saturated carbocycles. The molecule has 5 heteroatoms. The van der Waals surface area contributed by atoms with Crippen LogP contribution >= 0.6 is 0 Å². The monoisotopic (exact) mass is 278 g/mol. The van der Waals surface area contributed by atoms with Gasteiger partial charge in [0.25, 0.3) is 0 Å². The van der Waals surface area contributed by atoms with Gasteiger partial charge in [-0.25, -0.2) is 0 Å². The van der Waals surface area contributed by atoms with Crippen molar-refractivity contribution in [3.63, 3.8) is 0 Å². The molecule has 0 heterocycles. The molecule has 0 aliphatic carbocycles. The van der Waals surface area contributed by atoms with Crippen molar-refractivity contribution in [2.24, 2.45) is 11.1 Å². The molecule has 4 N–H and O–H groups in total. The Balaban J connectivity index is 2.64. The highest BCUT2D eigenvalue weighted by atomic mass is 16.4. The standard InChI is InChI=1S/C15H22N2O3/c1-15(2,3)12(16)9-13(18)17-11-6-4-5-10(7-11)8-14(19)20/h4-7,12H,8-9,16H2,1-3H3,(H,17,18)(H,19,20). The molecule has 0 spiro atoms. The van der Waals surface area contributed by atoms with Gasteiger partial charge in [0.1, 0.15) is 0 Å². The average molecular weight is 278 g/mol. The van der Waals surface area contributed by atoms with Gasteiger partial charge in [0.15, 0.2) is 0 Å². The molecule has 1 aromatic rings. The van der Waals surface area contributed by atoms with Crippen LogP contribution < -0.4 is 11.1 Å². The van der Waals surface area contributed by atoms with Crippen LogP contribution in [0.15, 0.2) is 24.3 Å². The van der Waals surface area contributed by atoms with Crippen LogP contribution in [0.4, 0.5) is 5.69 Å². The van der Waals surface area contributed by atoms with Gasteiger partial charge in [-0.2, -0.15) is 0 Å². The Bertz CT molecular complexity index is 492. The zero-order valence-corrected chi connectivity index (χ0v) is 12.1. The molecule has 0 saturated heterocycles. The minimum absolute atomic E-state index is 0.0643. The summed E-state index contributed by atoms with van der Waals surface area (Å²) in [5.41, 5.74) is 7.07. The van der Waals surface area contributed by atoms with Crippen LogP contribution in [0, 0.1) is 5.41 Å². The molecule has 0 fully saturated rings. The van der Waals surface area contributed by atoms with E-state index in [1.165, 1.54) is 0 Å². The van der Waals surface area contributed by atoms with E-state index in [-0.39, 0.29) is 30.2 Å². The third-order valence-corrected chi connectivity index (χ3v) is 3.08. The Kier molecular flexibility index (Phi) is 5.27. The van der Waals surface area contributed by atoms with E-state index in [2.05, 4.69) is 5.32 Å². The number of carbonyl (C=O) groups excluding carboxylic acids is 1. The summed E-state index contributed by atoms with van der Waals surface area (Å²) in [4.78, 5) is 22.5. The number of rotatable bonds is 5. The van der Waals surface area contributed by atoms with Crippen molar-refractivity contribution in [3.8, 4) is 0 Å². The number of carbonyl (C=O) groups is 2. The molecular formula is C15H22N2O3. The topological polar surface area (TPSA) is 92.4 Å². The van der Waals surface area contributed by atoms with E-state index in [1.54, 1.807) is 24.3 Å². The molecule has 110 valence electrons. The highest BCUT2D eigenvalue weighted by Gasteiger charge is 2.23. The predicted octanol–water partition coefficient (Wildman–Crippen LogP) is 2.02. The lowest BCUT2D eigenvalue weighted by atomic mass is 9.85. The van der Waals surface area contributed by atoms with Gasteiger partial charge in [-0.1, -0.05) is 32.9 Å². The molecule has 1 amide bonds. The van der Waals surface area contributed by atoms with Crippen LogP contribution in [-0.4, -0.2) is 23.0 Å². The zero-order chi connectivity index (χ0) is 15.3. The van der Waals surface area contributed by atoms with Crippen molar-refractivity contribution in [3.05, 3.63) is 29.8 Å². The van der Waals surface area contributed by atoms with Crippen LogP contribution in [0.2, 0.25) is 0 Å². The SMILES string of the molecule is CC(C)(C)C(N)CC(=O)Nc1cccc(CC(=O)O)c1. The predicted molar refractivity (Wildman–Crippen MR) is 78.5 cm³/mol. The summed E-state index contributed by atoms with van der Waals surface area (Å²) in [6, 6.07) is 6.59. The van der Waals surface area contributed by atoms with Gasteiger partial charge < -0.3 is 16.2 Å². The quantitative estimate of drug-likeness (QED) is 0.768. The molecule has 5 nitrogen and oxygen atoms in total. The molecule has 1 atom stereocenters. The van der Waals surface area contributed by atoms with E-state index in [1.807, 2.05) is 20.8 Å². The van der Waals surface area contributed by atoms with Crippen molar-refractivity contribution < 1.29 is 14.7 Å². The Morgan fingerprint density at radius 1 is 1.35 bits per heavy atom. The van der Waals surface area contributed by atoms with Crippen molar-refractivity contribution in [1.29, 1.82) is 0 Å². The number of amides is 1. The van der Waals surface area contributed by atoms with Gasteiger partial charge in [-0.15, -0.1) is 0 Å². The van der Waals surface area contributed by atoms with E-state index in [0.29, 0.717) is 11.3 Å². The maximum Gasteiger partial charge on any atom is 0.307 e. The smallest absolute Gasteiger partial charge is 0.307 e. The van der Waals surface area contributed by atoms with Crippen molar-refractivity contribution in [2.45, 2.75) is 39.7 Å². The van der Waals surface area contributed by atoms with Crippen LogP contribution in [0.5, 0.6) is 0 Å². The van der Waals surface area contributed by atoms with Crippen LogP contribution in [0.25, 0.3) is 0 Å². The van der Waals surface area contributed by atoms with Crippen LogP contribution in [0.3, 0.4) is 0 Å². The molecule has 0 aromatic heterocycles. The summed E-state index contributed by atoms with van der Waals surface area (Å²) in [6.45, 7) is 5.95. The summed E-state index contributed by atoms with van der Waals surface area (Å²) in [5, 5.41) is 11.5. The molecule has 20 heavy (non-hydrogen) atoms. The van der Waals surface area contributed by atoms with Gasteiger partial charge in [0.05, 0.1) is 6.42 Å². The number of carboxylic acids is 1. The molecule has 0 radical (unpaired) electrons. The summed E-state index contributed by atoms with van der Waals surface area (Å²) in [5.74, 6) is -1.07. The lowest BCUT2D eigenvalue weighted by Crippen LogP contribution is -2.38. The second-order valence-corrected chi connectivity index (χ2v) is 6.00. The van der Waals surface area contributed by atoms with Crippen LogP contribution in [-0.2, 0) is 16.0 Å². The second-order valence-electron chi connectivity index (χ2n) is 6.00. The fourth-order valence-electron chi connectivity index (χ4n) is 1.65. The van der Waals surface area contributed by atoms with Gasteiger partial charge in [-0.05, 0) is 23.1 Å². The van der Waals surface area contributed by atoms with Gasteiger partial charge in [0, 0.05) is 18.2 Å². The van der Waals surface area contributed by atoms with E-state index < -0.39 is 5.97 Å². The first kappa shape index (κ1) is 16.2. The van der Waals surface area contributed by atoms with E-state index in [4.69, 9.17) is 10.8 Å². The highest BCUT2D eigenvalue weighted by molar-refractivity contribution is 5.91. The molecular weight excluding hydrogens is 256 g/mol. The number of hydrogen-bond acceptors (Lipinski definition) is 3. The molecule has 1 unspecified atom stereocenters. The number of carboxylic acid groups (broad SMARTS) is 1. The Morgan fingerprint density at radius 3 is 2.55 bits per heavy atom. The number of benzene rings is 1. The summed E-state index contributed by atoms with van der Waals surface area (Å²) < 4.78 is 0. The Hall–Kier alpha value is -1.88. The zero-order valence-electron chi connectivity index (χ0n) is 12.1. The normalized spacial score (nSPS) is 12.8. The minimum Gasteiger partial charge on any atom is -0.481 e. The third-order valence-electron chi connectivity index (χ3n) is 3.08. The van der Waals surface area contributed by atoms with Gasteiger partial charge in [-0.3, -0.25) is 9.59 Å². The molecule has 1 rings (SSSR count). The van der Waals surface area contributed by atoms with E-state index in [9.17, 15) is 9.59 Å². The fraction of sp³-hybridized carbons (Fsp3) is 0.467. The number of anilines is 1. The number of hydrogen-bond donors (Lipinski definition) is 3. The lowest BCUT2D eigenvalue weighted by Gasteiger charge is -2.26. The molecule has 0 bridgehead atoms. The number of aliphatic carboxylic acids is 1. The Morgan fingerprint density at radius 2 is 2.00 bits per heavy atom. The minimum atomic E-state index is -0.900. The fourth-order valence-corrected chi connectivity index (χ4v) is 1.65. The van der Waals surface area contributed by atoms with E-state index in [0.717, 1.165) is 0 Å². The number of nitrogens with two attached hydrogens (primary N) is 1. The van der Waals surface area contributed by atoms with E-state index >= 15 is 0 Å². The third kappa shape index (κ3) is 5.40. The van der Waals surface area contributed by atoms with Crippen molar-refractivity contribution in [2.75, 3.05) is 5.32 Å². The lowest BCUT2D eigenvalue weighted by molar-refractivity contribution is -0.136. The van der Waals surface area contributed by atoms with Crippen LogP contribution in [0.1, 0.15) is 32.8 Å². The second kappa shape index (κ2) is 6.52. The first-order valence-electron chi connectivity index (χ1n) is 6.54. The first-order valence-corrected chi connectivity index (χ1v) is 6.54. The Labute approximate surface area is 119 Å². The molecule has 1 aromatic carbocycles. The summed E-state index contributed by atoms with van der Waals surface area (Å²) in [7, 11) is 0. The largest absolute Gasteiger partial charge is 0.481 e. The summed E-state index contributed by atoms with van der Waals surface area (Å²) >= 11 is 0. The maximum absolute atomic E-state index is 11.9. The van der Waals surface area contributed by atoms with Crippen molar-refractivity contribution >= 4 is 17.6 Å². The first-order chi connectivity index (χ1) is 9.18. The molecule has 0 aliphatic heterocycles. The van der Waals surface area contributed by atoms with Gasteiger partial charge in [0.2, 0.25) is 5.91 Å². The average Bonchev–Trinajstić information content (AvgIpc) is 2.26.